The number of rotatable bonds is 5. The first-order valence-corrected chi connectivity index (χ1v) is 6.42. The van der Waals surface area contributed by atoms with E-state index in [9.17, 15) is 9.90 Å². The van der Waals surface area contributed by atoms with E-state index in [4.69, 9.17) is 4.74 Å². The van der Waals surface area contributed by atoms with Gasteiger partial charge >= 0.3 is 5.97 Å². The lowest BCUT2D eigenvalue weighted by molar-refractivity contribution is -0.154. The van der Waals surface area contributed by atoms with Gasteiger partial charge in [-0.3, -0.25) is 0 Å². The number of aliphatic hydroxyl groups excluding tert-OH is 1. The van der Waals surface area contributed by atoms with Crippen LogP contribution in [0.1, 0.15) is 50.7 Å². The Kier molecular flexibility index (Phi) is 5.35. The van der Waals surface area contributed by atoms with E-state index in [1.54, 1.807) is 6.92 Å². The molecule has 3 nitrogen and oxygen atoms in total. The van der Waals surface area contributed by atoms with Crippen molar-refractivity contribution < 1.29 is 14.6 Å². The molecular weight excluding hydrogens is 228 g/mol. The van der Waals surface area contributed by atoms with Gasteiger partial charge in [0.15, 0.2) is 6.10 Å². The first-order valence-electron chi connectivity index (χ1n) is 6.42. The van der Waals surface area contributed by atoms with Crippen molar-refractivity contribution in [2.75, 3.05) is 6.61 Å². The Hall–Kier alpha value is -1.35. The molecule has 1 aromatic rings. The summed E-state index contributed by atoms with van der Waals surface area (Å²) >= 11 is 0. The lowest BCUT2D eigenvalue weighted by atomic mass is 9.93. The first kappa shape index (κ1) is 14.7. The number of carbonyl (C=O) groups excluding carboxylic acids is 1. The number of hydrogen-bond acceptors (Lipinski definition) is 3. The smallest absolute Gasteiger partial charge is 0.335 e. The standard InChI is InChI=1S/C15H22O3/c1-5-18-15(17)14(16)11(4)13-8-6-12(7-9-13)10(2)3/h6-11,14,16H,5H2,1-4H3. The highest BCUT2D eigenvalue weighted by Crippen LogP contribution is 2.23. The maximum atomic E-state index is 11.5. The van der Waals surface area contributed by atoms with Gasteiger partial charge in [0.2, 0.25) is 0 Å². The number of aliphatic hydroxyl groups is 1. The Bertz CT molecular complexity index is 381. The SMILES string of the molecule is CCOC(=O)C(O)C(C)c1ccc(C(C)C)cc1. The summed E-state index contributed by atoms with van der Waals surface area (Å²) in [5.41, 5.74) is 2.19. The topological polar surface area (TPSA) is 46.5 Å². The summed E-state index contributed by atoms with van der Waals surface area (Å²) in [5.74, 6) is -0.340. The van der Waals surface area contributed by atoms with E-state index in [1.165, 1.54) is 5.56 Å². The molecule has 18 heavy (non-hydrogen) atoms. The van der Waals surface area contributed by atoms with Gasteiger partial charge in [0, 0.05) is 5.92 Å². The largest absolute Gasteiger partial charge is 0.464 e. The molecule has 1 rings (SSSR count). The predicted molar refractivity (Wildman–Crippen MR) is 71.6 cm³/mol. The molecule has 3 heteroatoms. The Labute approximate surface area is 109 Å². The molecule has 1 N–H and O–H groups in total. The van der Waals surface area contributed by atoms with E-state index < -0.39 is 12.1 Å². The summed E-state index contributed by atoms with van der Waals surface area (Å²) in [4.78, 5) is 11.5. The molecule has 2 unspecified atom stereocenters. The Morgan fingerprint density at radius 3 is 2.11 bits per heavy atom. The molecule has 2 atom stereocenters. The second-order valence-corrected chi connectivity index (χ2v) is 4.81. The van der Waals surface area contributed by atoms with Crippen molar-refractivity contribution in [3.63, 3.8) is 0 Å². The van der Waals surface area contributed by atoms with Crippen LogP contribution in [0.2, 0.25) is 0 Å². The highest BCUT2D eigenvalue weighted by Gasteiger charge is 2.24. The van der Waals surface area contributed by atoms with Crippen LogP contribution in [0.15, 0.2) is 24.3 Å². The molecule has 0 spiro atoms. The molecule has 0 aliphatic carbocycles. The summed E-state index contributed by atoms with van der Waals surface area (Å²) in [5, 5.41) is 9.87. The molecule has 0 aliphatic rings. The van der Waals surface area contributed by atoms with Gasteiger partial charge in [0.1, 0.15) is 0 Å². The third-order valence-electron chi connectivity index (χ3n) is 3.13. The van der Waals surface area contributed by atoms with Crippen molar-refractivity contribution in [3.05, 3.63) is 35.4 Å². The number of hydrogen-bond donors (Lipinski definition) is 1. The molecule has 0 bridgehead atoms. The van der Waals surface area contributed by atoms with Gasteiger partial charge in [-0.15, -0.1) is 0 Å². The third kappa shape index (κ3) is 3.57. The van der Waals surface area contributed by atoms with Crippen molar-refractivity contribution in [2.45, 2.75) is 45.6 Å². The second kappa shape index (κ2) is 6.55. The van der Waals surface area contributed by atoms with Crippen LogP contribution in [0.4, 0.5) is 0 Å². The maximum absolute atomic E-state index is 11.5. The van der Waals surface area contributed by atoms with Gasteiger partial charge in [-0.2, -0.15) is 0 Å². The molecule has 0 fully saturated rings. The zero-order valence-corrected chi connectivity index (χ0v) is 11.5. The van der Waals surface area contributed by atoms with Crippen LogP contribution in [-0.4, -0.2) is 23.8 Å². The minimum absolute atomic E-state index is 0.259. The molecule has 0 aliphatic heterocycles. The van der Waals surface area contributed by atoms with Gasteiger partial charge in [-0.1, -0.05) is 45.0 Å². The van der Waals surface area contributed by atoms with Crippen molar-refractivity contribution in [1.29, 1.82) is 0 Å². The Balaban J connectivity index is 2.77. The lowest BCUT2D eigenvalue weighted by Crippen LogP contribution is -2.28. The number of ether oxygens (including phenoxy) is 1. The average molecular weight is 250 g/mol. The fourth-order valence-electron chi connectivity index (χ4n) is 1.80. The normalized spacial score (nSPS) is 14.3. The Morgan fingerprint density at radius 2 is 1.67 bits per heavy atom. The molecule has 1 aromatic carbocycles. The van der Waals surface area contributed by atoms with Gasteiger partial charge in [-0.05, 0) is 24.0 Å². The van der Waals surface area contributed by atoms with E-state index in [0.717, 1.165) is 5.56 Å². The lowest BCUT2D eigenvalue weighted by Gasteiger charge is -2.18. The second-order valence-electron chi connectivity index (χ2n) is 4.81. The zero-order valence-electron chi connectivity index (χ0n) is 11.5. The minimum atomic E-state index is -1.10. The number of carbonyl (C=O) groups is 1. The third-order valence-corrected chi connectivity index (χ3v) is 3.13. The van der Waals surface area contributed by atoms with E-state index in [-0.39, 0.29) is 12.5 Å². The van der Waals surface area contributed by atoms with Crippen molar-refractivity contribution in [2.24, 2.45) is 0 Å². The zero-order chi connectivity index (χ0) is 13.7. The van der Waals surface area contributed by atoms with Crippen LogP contribution in [0.5, 0.6) is 0 Å². The Morgan fingerprint density at radius 1 is 1.17 bits per heavy atom. The summed E-state index contributed by atoms with van der Waals surface area (Å²) < 4.78 is 4.82. The van der Waals surface area contributed by atoms with E-state index in [2.05, 4.69) is 13.8 Å². The fourth-order valence-corrected chi connectivity index (χ4v) is 1.80. The molecule has 100 valence electrons. The van der Waals surface area contributed by atoms with Gasteiger partial charge in [0.05, 0.1) is 6.61 Å². The van der Waals surface area contributed by atoms with Crippen LogP contribution in [0.25, 0.3) is 0 Å². The van der Waals surface area contributed by atoms with Crippen LogP contribution in [0, 0.1) is 0 Å². The van der Waals surface area contributed by atoms with Crippen molar-refractivity contribution in [3.8, 4) is 0 Å². The van der Waals surface area contributed by atoms with E-state index >= 15 is 0 Å². The molecule has 0 radical (unpaired) electrons. The molecule has 0 heterocycles. The van der Waals surface area contributed by atoms with Crippen LogP contribution < -0.4 is 0 Å². The van der Waals surface area contributed by atoms with Gasteiger partial charge in [0.25, 0.3) is 0 Å². The average Bonchev–Trinajstić information content (AvgIpc) is 2.37. The highest BCUT2D eigenvalue weighted by molar-refractivity contribution is 5.75. The van der Waals surface area contributed by atoms with Gasteiger partial charge in [-0.25, -0.2) is 4.79 Å². The predicted octanol–water partition coefficient (Wildman–Crippen LogP) is 2.84. The van der Waals surface area contributed by atoms with E-state index in [1.807, 2.05) is 31.2 Å². The summed E-state index contributed by atoms with van der Waals surface area (Å²) in [6.07, 6.45) is -1.10. The molecule has 0 saturated carbocycles. The minimum Gasteiger partial charge on any atom is -0.464 e. The van der Waals surface area contributed by atoms with Crippen LogP contribution in [-0.2, 0) is 9.53 Å². The van der Waals surface area contributed by atoms with Crippen LogP contribution in [0.3, 0.4) is 0 Å². The summed E-state index contributed by atoms with van der Waals surface area (Å²) in [7, 11) is 0. The number of benzene rings is 1. The van der Waals surface area contributed by atoms with Gasteiger partial charge < -0.3 is 9.84 Å². The monoisotopic (exact) mass is 250 g/mol. The maximum Gasteiger partial charge on any atom is 0.335 e. The molecule has 0 saturated heterocycles. The summed E-state index contributed by atoms with van der Waals surface area (Å²) in [6.45, 7) is 8.10. The molecule has 0 amide bonds. The molecule has 0 aromatic heterocycles. The number of esters is 1. The van der Waals surface area contributed by atoms with Crippen molar-refractivity contribution >= 4 is 5.97 Å². The fraction of sp³-hybridized carbons (Fsp3) is 0.533. The van der Waals surface area contributed by atoms with E-state index in [0.29, 0.717) is 5.92 Å². The quantitative estimate of drug-likeness (QED) is 0.817. The van der Waals surface area contributed by atoms with Crippen molar-refractivity contribution in [1.82, 2.24) is 0 Å². The summed E-state index contributed by atoms with van der Waals surface area (Å²) in [6, 6.07) is 7.99. The highest BCUT2D eigenvalue weighted by atomic mass is 16.5. The first-order chi connectivity index (χ1) is 8.47. The van der Waals surface area contributed by atoms with Crippen LogP contribution >= 0.6 is 0 Å². The molecular formula is C15H22O3.